The maximum absolute atomic E-state index is 12.7. The minimum absolute atomic E-state index is 0.250. The molecule has 3 rings (SSSR count). The van der Waals surface area contributed by atoms with Crippen LogP contribution in [0.3, 0.4) is 0 Å². The van der Waals surface area contributed by atoms with Crippen molar-refractivity contribution in [1.82, 2.24) is 10.9 Å². The number of nitrogens with one attached hydrogen (secondary N) is 2. The molecule has 0 fully saturated rings. The summed E-state index contributed by atoms with van der Waals surface area (Å²) in [6.45, 7) is 8.72. The second-order valence-electron chi connectivity index (χ2n) is 9.31. The fourth-order valence-electron chi connectivity index (χ4n) is 3.47. The Morgan fingerprint density at radius 1 is 0.857 bits per heavy atom. The molecule has 2 N–H and O–H groups in total. The molecule has 0 saturated heterocycles. The lowest BCUT2D eigenvalue weighted by molar-refractivity contribution is -0.130. The van der Waals surface area contributed by atoms with Crippen LogP contribution in [0.15, 0.2) is 72.8 Å². The second-order valence-corrected chi connectivity index (χ2v) is 9.31. The fourth-order valence-corrected chi connectivity index (χ4v) is 3.47. The lowest BCUT2D eigenvalue weighted by atomic mass is 9.87. The zero-order valence-electron chi connectivity index (χ0n) is 20.9. The average Bonchev–Trinajstić information content (AvgIpc) is 2.86. The van der Waals surface area contributed by atoms with E-state index in [0.29, 0.717) is 37.4 Å². The van der Waals surface area contributed by atoms with E-state index in [1.54, 1.807) is 24.3 Å². The van der Waals surface area contributed by atoms with E-state index in [9.17, 15) is 9.59 Å². The summed E-state index contributed by atoms with van der Waals surface area (Å²) in [7, 11) is 0. The Morgan fingerprint density at radius 3 is 2.29 bits per heavy atom. The van der Waals surface area contributed by atoms with Crippen LogP contribution < -0.4 is 20.3 Å². The van der Waals surface area contributed by atoms with E-state index in [2.05, 4.69) is 16.9 Å². The van der Waals surface area contributed by atoms with Gasteiger partial charge in [-0.05, 0) is 73.7 Å². The molecule has 3 aromatic carbocycles. The van der Waals surface area contributed by atoms with Gasteiger partial charge in [-0.15, -0.1) is 0 Å². The van der Waals surface area contributed by atoms with E-state index in [1.807, 2.05) is 70.2 Å². The SMILES string of the molecule is Cc1ccc(C)c(OCCCC(C)(C)C(=O)NNC(=O)c2ccc(OCc3ccccc3)cc2)c1. The van der Waals surface area contributed by atoms with Crippen LogP contribution in [0.5, 0.6) is 11.5 Å². The van der Waals surface area contributed by atoms with E-state index >= 15 is 0 Å². The first-order chi connectivity index (χ1) is 16.7. The Kier molecular flexibility index (Phi) is 8.90. The number of carbonyl (C=O) groups excluding carboxylic acids is 2. The van der Waals surface area contributed by atoms with Crippen LogP contribution in [-0.2, 0) is 11.4 Å². The van der Waals surface area contributed by atoms with Gasteiger partial charge in [0.2, 0.25) is 5.91 Å². The number of carbonyl (C=O) groups is 2. The largest absolute Gasteiger partial charge is 0.493 e. The van der Waals surface area contributed by atoms with Crippen molar-refractivity contribution < 1.29 is 19.1 Å². The van der Waals surface area contributed by atoms with E-state index < -0.39 is 5.41 Å². The Morgan fingerprint density at radius 2 is 1.57 bits per heavy atom. The molecule has 0 aliphatic carbocycles. The highest BCUT2D eigenvalue weighted by atomic mass is 16.5. The highest BCUT2D eigenvalue weighted by Crippen LogP contribution is 2.24. The number of benzene rings is 3. The van der Waals surface area contributed by atoms with Gasteiger partial charge in [0, 0.05) is 11.0 Å². The maximum atomic E-state index is 12.7. The van der Waals surface area contributed by atoms with Crippen LogP contribution in [0.4, 0.5) is 0 Å². The lowest BCUT2D eigenvalue weighted by Crippen LogP contribution is -2.47. The van der Waals surface area contributed by atoms with E-state index in [1.165, 1.54) is 0 Å². The predicted molar refractivity (Wildman–Crippen MR) is 137 cm³/mol. The molecule has 0 aliphatic rings. The summed E-state index contributed by atoms with van der Waals surface area (Å²) in [5, 5.41) is 0. The summed E-state index contributed by atoms with van der Waals surface area (Å²) in [4.78, 5) is 25.1. The van der Waals surface area contributed by atoms with Crippen molar-refractivity contribution in [2.24, 2.45) is 5.41 Å². The molecule has 6 nitrogen and oxygen atoms in total. The highest BCUT2D eigenvalue weighted by molar-refractivity contribution is 5.95. The van der Waals surface area contributed by atoms with Crippen molar-refractivity contribution in [2.45, 2.75) is 47.1 Å². The summed E-state index contributed by atoms with van der Waals surface area (Å²) >= 11 is 0. The molecule has 3 aromatic rings. The smallest absolute Gasteiger partial charge is 0.269 e. The first-order valence-corrected chi connectivity index (χ1v) is 11.8. The molecule has 2 amide bonds. The first kappa shape index (κ1) is 25.8. The number of aryl methyl sites for hydroxylation is 2. The van der Waals surface area contributed by atoms with Crippen LogP contribution in [0.25, 0.3) is 0 Å². The van der Waals surface area contributed by atoms with Crippen LogP contribution in [-0.4, -0.2) is 18.4 Å². The third-order valence-corrected chi connectivity index (χ3v) is 5.82. The van der Waals surface area contributed by atoms with Crippen molar-refractivity contribution in [3.8, 4) is 11.5 Å². The Balaban J connectivity index is 1.41. The van der Waals surface area contributed by atoms with Crippen LogP contribution >= 0.6 is 0 Å². The quantitative estimate of drug-likeness (QED) is 0.299. The van der Waals surface area contributed by atoms with E-state index in [4.69, 9.17) is 9.47 Å². The summed E-state index contributed by atoms with van der Waals surface area (Å²) in [5.74, 6) is 0.900. The molecule has 0 spiro atoms. The molecular formula is C29H34N2O4. The number of rotatable bonds is 10. The monoisotopic (exact) mass is 474 g/mol. The number of ether oxygens (including phenoxy) is 2. The molecule has 0 bridgehead atoms. The van der Waals surface area contributed by atoms with Gasteiger partial charge in [-0.1, -0.05) is 56.3 Å². The van der Waals surface area contributed by atoms with Crippen LogP contribution in [0, 0.1) is 19.3 Å². The standard InChI is InChI=1S/C29H34N2O4/c1-21-11-12-22(2)26(19-21)34-18-8-17-29(3,4)28(33)31-30-27(32)24-13-15-25(16-14-24)35-20-23-9-6-5-7-10-23/h5-7,9-16,19H,8,17-18,20H2,1-4H3,(H,30,32)(H,31,33). The van der Waals surface area contributed by atoms with E-state index in [0.717, 1.165) is 22.4 Å². The van der Waals surface area contributed by atoms with Gasteiger partial charge in [0.25, 0.3) is 5.91 Å². The van der Waals surface area contributed by atoms with Gasteiger partial charge in [-0.2, -0.15) is 0 Å². The Hall–Kier alpha value is -3.80. The summed E-state index contributed by atoms with van der Waals surface area (Å²) < 4.78 is 11.6. The van der Waals surface area contributed by atoms with Crippen molar-refractivity contribution in [3.63, 3.8) is 0 Å². The van der Waals surface area contributed by atoms with Crippen LogP contribution in [0.2, 0.25) is 0 Å². The third kappa shape index (κ3) is 7.88. The molecule has 0 heterocycles. The number of hydrazine groups is 1. The molecule has 6 heteroatoms. The fraction of sp³-hybridized carbons (Fsp3) is 0.310. The summed E-state index contributed by atoms with van der Waals surface area (Å²) in [6.07, 6.45) is 1.33. The minimum Gasteiger partial charge on any atom is -0.493 e. The van der Waals surface area contributed by atoms with Gasteiger partial charge in [0.1, 0.15) is 18.1 Å². The van der Waals surface area contributed by atoms with E-state index in [-0.39, 0.29) is 11.8 Å². The predicted octanol–water partition coefficient (Wildman–Crippen LogP) is 5.53. The summed E-state index contributed by atoms with van der Waals surface area (Å²) in [5.41, 5.74) is 8.12. The van der Waals surface area contributed by atoms with Crippen molar-refractivity contribution in [3.05, 3.63) is 95.1 Å². The molecular weight excluding hydrogens is 440 g/mol. The number of amides is 2. The van der Waals surface area contributed by atoms with Gasteiger partial charge in [-0.3, -0.25) is 20.4 Å². The molecule has 0 radical (unpaired) electrons. The first-order valence-electron chi connectivity index (χ1n) is 11.8. The molecule has 0 unspecified atom stereocenters. The molecule has 35 heavy (non-hydrogen) atoms. The molecule has 184 valence electrons. The van der Waals surface area contributed by atoms with Gasteiger partial charge >= 0.3 is 0 Å². The minimum atomic E-state index is -0.659. The topological polar surface area (TPSA) is 76.7 Å². The average molecular weight is 475 g/mol. The molecule has 0 atom stereocenters. The maximum Gasteiger partial charge on any atom is 0.269 e. The van der Waals surface area contributed by atoms with Gasteiger partial charge in [0.15, 0.2) is 0 Å². The number of hydrogen-bond donors (Lipinski definition) is 2. The lowest BCUT2D eigenvalue weighted by Gasteiger charge is -2.23. The Labute approximate surface area is 207 Å². The molecule has 0 aromatic heterocycles. The van der Waals surface area contributed by atoms with Gasteiger partial charge in [-0.25, -0.2) is 0 Å². The zero-order valence-corrected chi connectivity index (χ0v) is 20.9. The zero-order chi connectivity index (χ0) is 25.3. The highest BCUT2D eigenvalue weighted by Gasteiger charge is 2.27. The van der Waals surface area contributed by atoms with Crippen molar-refractivity contribution in [2.75, 3.05) is 6.61 Å². The second kappa shape index (κ2) is 12.1. The van der Waals surface area contributed by atoms with Gasteiger partial charge in [0.05, 0.1) is 6.61 Å². The van der Waals surface area contributed by atoms with Crippen LogP contribution in [0.1, 0.15) is 53.7 Å². The van der Waals surface area contributed by atoms with Crippen molar-refractivity contribution >= 4 is 11.8 Å². The summed E-state index contributed by atoms with van der Waals surface area (Å²) in [6, 6.07) is 22.8. The van der Waals surface area contributed by atoms with Crippen molar-refractivity contribution in [1.29, 1.82) is 0 Å². The van der Waals surface area contributed by atoms with Gasteiger partial charge < -0.3 is 9.47 Å². The third-order valence-electron chi connectivity index (χ3n) is 5.82. The molecule has 0 aliphatic heterocycles. The normalized spacial score (nSPS) is 11.0. The Bertz CT molecular complexity index is 1130. The number of hydrogen-bond acceptors (Lipinski definition) is 4. The molecule has 0 saturated carbocycles.